The lowest BCUT2D eigenvalue weighted by molar-refractivity contribution is 0.126. The van der Waals surface area contributed by atoms with Gasteiger partial charge in [0.25, 0.3) is 0 Å². The molecule has 120 valence electrons. The molecule has 0 aliphatic rings. The van der Waals surface area contributed by atoms with Crippen molar-refractivity contribution >= 4 is 27.7 Å². The molecular weight excluding hydrogens is 376 g/mol. The largest absolute Gasteiger partial charge is 0.491 e. The molecule has 1 aromatic carbocycles. The molecule has 0 bridgehead atoms. The Labute approximate surface area is 148 Å². The van der Waals surface area contributed by atoms with Gasteiger partial charge in [-0.2, -0.15) is 5.26 Å². The van der Waals surface area contributed by atoms with Crippen molar-refractivity contribution in [3.05, 3.63) is 51.6 Å². The van der Waals surface area contributed by atoms with Crippen LogP contribution in [0, 0.1) is 25.2 Å². The lowest BCUT2D eigenvalue weighted by atomic mass is 10.1. The van der Waals surface area contributed by atoms with Crippen molar-refractivity contribution in [2.75, 3.05) is 12.4 Å². The molecule has 2 rings (SSSR count). The second-order valence-corrected chi connectivity index (χ2v) is 7.03. The third kappa shape index (κ3) is 5.24. The van der Waals surface area contributed by atoms with Crippen LogP contribution in [-0.2, 0) is 0 Å². The maximum Gasteiger partial charge on any atom is 0.119 e. The Morgan fingerprint density at radius 1 is 1.35 bits per heavy atom. The number of aliphatic hydroxyl groups excluding tert-OH is 1. The topological polar surface area (TPSA) is 66.1 Å². The first kappa shape index (κ1) is 17.8. The van der Waals surface area contributed by atoms with Crippen LogP contribution in [0.4, 0.5) is 0 Å². The van der Waals surface area contributed by atoms with Gasteiger partial charge in [0.1, 0.15) is 23.5 Å². The van der Waals surface area contributed by atoms with Gasteiger partial charge < -0.3 is 9.84 Å². The van der Waals surface area contributed by atoms with E-state index in [9.17, 15) is 10.4 Å². The summed E-state index contributed by atoms with van der Waals surface area (Å²) in [6, 6.07) is 11.5. The van der Waals surface area contributed by atoms with E-state index in [1.54, 1.807) is 0 Å². The van der Waals surface area contributed by atoms with Gasteiger partial charge in [-0.25, -0.2) is 4.98 Å². The number of nitriles is 1. The van der Waals surface area contributed by atoms with Crippen LogP contribution in [0.15, 0.2) is 39.8 Å². The van der Waals surface area contributed by atoms with E-state index in [2.05, 4.69) is 27.0 Å². The van der Waals surface area contributed by atoms with E-state index in [4.69, 9.17) is 4.74 Å². The van der Waals surface area contributed by atoms with E-state index in [0.29, 0.717) is 22.1 Å². The quantitative estimate of drug-likeness (QED) is 0.755. The van der Waals surface area contributed by atoms with Crippen LogP contribution in [0.2, 0.25) is 0 Å². The van der Waals surface area contributed by atoms with Gasteiger partial charge in [-0.05, 0) is 49.7 Å². The monoisotopic (exact) mass is 392 g/mol. The minimum Gasteiger partial charge on any atom is -0.491 e. The fourth-order valence-electron chi connectivity index (χ4n) is 1.99. The summed E-state index contributed by atoms with van der Waals surface area (Å²) in [5.41, 5.74) is 2.34. The maximum absolute atomic E-state index is 10.1. The number of aliphatic hydroxyl groups is 1. The third-order valence-electron chi connectivity index (χ3n) is 3.09. The number of pyridine rings is 1. The highest BCUT2D eigenvalue weighted by atomic mass is 79.9. The summed E-state index contributed by atoms with van der Waals surface area (Å²) < 4.78 is 6.52. The summed E-state index contributed by atoms with van der Waals surface area (Å²) in [5, 5.41) is 20.0. The second-order valence-electron chi connectivity index (χ2n) is 5.10. The standard InChI is InChI=1S/C17H17BrN2O2S/c1-11-7-12(2)20-17(16(11)8-19)23-10-14(21)9-22-15-5-3-13(18)4-6-15/h3-7,14,21H,9-10H2,1-2H3/t14-/m1/s1. The summed E-state index contributed by atoms with van der Waals surface area (Å²) >= 11 is 4.73. The summed E-state index contributed by atoms with van der Waals surface area (Å²) in [4.78, 5) is 4.39. The molecule has 0 radical (unpaired) electrons. The first-order valence-electron chi connectivity index (χ1n) is 7.07. The predicted octanol–water partition coefficient (Wildman–Crippen LogP) is 3.86. The van der Waals surface area contributed by atoms with Crippen molar-refractivity contribution in [3.8, 4) is 11.8 Å². The third-order valence-corrected chi connectivity index (χ3v) is 4.74. The van der Waals surface area contributed by atoms with Gasteiger partial charge in [-0.1, -0.05) is 15.9 Å². The highest BCUT2D eigenvalue weighted by molar-refractivity contribution is 9.10. The number of aromatic nitrogens is 1. The lowest BCUT2D eigenvalue weighted by Gasteiger charge is -2.13. The number of nitrogens with zero attached hydrogens (tertiary/aromatic N) is 2. The zero-order valence-corrected chi connectivity index (χ0v) is 15.3. The zero-order chi connectivity index (χ0) is 16.8. The van der Waals surface area contributed by atoms with Gasteiger partial charge in [-0.3, -0.25) is 0 Å². The number of benzene rings is 1. The molecule has 0 spiro atoms. The molecule has 0 fully saturated rings. The normalized spacial score (nSPS) is 11.8. The fourth-order valence-corrected chi connectivity index (χ4v) is 3.26. The van der Waals surface area contributed by atoms with E-state index in [1.807, 2.05) is 44.2 Å². The molecule has 0 saturated heterocycles. The number of aryl methyl sites for hydroxylation is 2. The highest BCUT2D eigenvalue weighted by Crippen LogP contribution is 2.24. The van der Waals surface area contributed by atoms with Gasteiger partial charge in [0, 0.05) is 15.9 Å². The van der Waals surface area contributed by atoms with Gasteiger partial charge in [0.2, 0.25) is 0 Å². The molecule has 0 aliphatic carbocycles. The van der Waals surface area contributed by atoms with Crippen LogP contribution in [0.1, 0.15) is 16.8 Å². The Morgan fingerprint density at radius 3 is 2.70 bits per heavy atom. The second kappa shape index (κ2) is 8.34. The van der Waals surface area contributed by atoms with Crippen molar-refractivity contribution < 1.29 is 9.84 Å². The molecule has 4 nitrogen and oxygen atoms in total. The number of halogens is 1. The minimum atomic E-state index is -0.641. The highest BCUT2D eigenvalue weighted by Gasteiger charge is 2.12. The molecule has 0 amide bonds. The smallest absolute Gasteiger partial charge is 0.119 e. The number of hydrogen-bond donors (Lipinski definition) is 1. The lowest BCUT2D eigenvalue weighted by Crippen LogP contribution is -2.20. The average molecular weight is 393 g/mol. The van der Waals surface area contributed by atoms with Crippen LogP contribution < -0.4 is 4.74 Å². The van der Waals surface area contributed by atoms with E-state index in [0.717, 1.165) is 15.7 Å². The van der Waals surface area contributed by atoms with Crippen LogP contribution in [0.3, 0.4) is 0 Å². The van der Waals surface area contributed by atoms with Gasteiger partial charge in [0.05, 0.1) is 11.7 Å². The molecule has 2 aromatic rings. The Bertz CT molecular complexity index is 714. The van der Waals surface area contributed by atoms with Crippen LogP contribution in [0.5, 0.6) is 5.75 Å². The van der Waals surface area contributed by atoms with Crippen LogP contribution in [-0.4, -0.2) is 28.6 Å². The molecule has 6 heteroatoms. The van der Waals surface area contributed by atoms with Gasteiger partial charge >= 0.3 is 0 Å². The summed E-state index contributed by atoms with van der Waals surface area (Å²) in [5.74, 6) is 1.13. The molecule has 0 saturated carbocycles. The van der Waals surface area contributed by atoms with Crippen molar-refractivity contribution in [3.63, 3.8) is 0 Å². The van der Waals surface area contributed by atoms with E-state index >= 15 is 0 Å². The Morgan fingerprint density at radius 2 is 2.04 bits per heavy atom. The maximum atomic E-state index is 10.1. The molecule has 0 aliphatic heterocycles. The first-order valence-corrected chi connectivity index (χ1v) is 8.85. The van der Waals surface area contributed by atoms with Crippen molar-refractivity contribution in [2.45, 2.75) is 25.0 Å². The SMILES string of the molecule is Cc1cc(C)c(C#N)c(SC[C@H](O)COc2ccc(Br)cc2)n1. The predicted molar refractivity (Wildman–Crippen MR) is 94.8 cm³/mol. The van der Waals surface area contributed by atoms with E-state index in [-0.39, 0.29) is 6.61 Å². The summed E-state index contributed by atoms with van der Waals surface area (Å²) in [6.45, 7) is 3.98. The van der Waals surface area contributed by atoms with Crippen molar-refractivity contribution in [1.82, 2.24) is 4.98 Å². The first-order chi connectivity index (χ1) is 11.0. The summed E-state index contributed by atoms with van der Waals surface area (Å²) in [7, 11) is 0. The Balaban J connectivity index is 1.91. The molecule has 23 heavy (non-hydrogen) atoms. The Kier molecular flexibility index (Phi) is 6.46. The van der Waals surface area contributed by atoms with Crippen molar-refractivity contribution in [1.29, 1.82) is 5.26 Å². The number of hydrogen-bond acceptors (Lipinski definition) is 5. The Hall–Kier alpha value is -1.55. The average Bonchev–Trinajstić information content (AvgIpc) is 2.52. The van der Waals surface area contributed by atoms with Crippen molar-refractivity contribution in [2.24, 2.45) is 0 Å². The summed E-state index contributed by atoms with van der Waals surface area (Å²) in [6.07, 6.45) is -0.641. The van der Waals surface area contributed by atoms with Gasteiger partial charge in [0.15, 0.2) is 0 Å². The van der Waals surface area contributed by atoms with E-state index in [1.165, 1.54) is 11.8 Å². The molecule has 1 heterocycles. The number of thioether (sulfide) groups is 1. The fraction of sp³-hybridized carbons (Fsp3) is 0.294. The molecule has 1 N–H and O–H groups in total. The molecule has 1 atom stereocenters. The van der Waals surface area contributed by atoms with E-state index < -0.39 is 6.10 Å². The number of rotatable bonds is 6. The molecule has 1 aromatic heterocycles. The minimum absolute atomic E-state index is 0.196. The molecule has 0 unspecified atom stereocenters. The molecular formula is C17H17BrN2O2S. The number of ether oxygens (including phenoxy) is 1. The van der Waals surface area contributed by atoms with Gasteiger partial charge in [-0.15, -0.1) is 11.8 Å². The van der Waals surface area contributed by atoms with Crippen LogP contribution in [0.25, 0.3) is 0 Å². The zero-order valence-electron chi connectivity index (χ0n) is 12.9. The van der Waals surface area contributed by atoms with Crippen LogP contribution >= 0.6 is 27.7 Å².